The van der Waals surface area contributed by atoms with Crippen molar-refractivity contribution >= 4 is 17.3 Å². The lowest BCUT2D eigenvalue weighted by atomic mass is 9.98. The Morgan fingerprint density at radius 3 is 2.52 bits per heavy atom. The third kappa shape index (κ3) is 4.19. The van der Waals surface area contributed by atoms with Crippen molar-refractivity contribution in [3.8, 4) is 11.5 Å². The van der Waals surface area contributed by atoms with Gasteiger partial charge in [0.15, 0.2) is 0 Å². The van der Waals surface area contributed by atoms with Crippen LogP contribution in [0.3, 0.4) is 0 Å². The maximum atomic E-state index is 6.15. The van der Waals surface area contributed by atoms with E-state index in [0.717, 1.165) is 17.4 Å². The smallest absolute Gasteiger partial charge is 0.143 e. The number of methoxy groups -OCH3 is 2. The predicted molar refractivity (Wildman–Crippen MR) is 88.8 cm³/mol. The van der Waals surface area contributed by atoms with E-state index in [9.17, 15) is 0 Å². The van der Waals surface area contributed by atoms with Crippen LogP contribution >= 0.6 is 11.6 Å². The SMILES string of the molecule is CCC1CCCC(Nc2cc(OC)c(Cl)cc2OC)CC1. The molecule has 0 saturated heterocycles. The van der Waals surface area contributed by atoms with E-state index in [0.29, 0.717) is 16.8 Å². The van der Waals surface area contributed by atoms with E-state index < -0.39 is 0 Å². The fourth-order valence-electron chi connectivity index (χ4n) is 3.12. The average molecular weight is 312 g/mol. The lowest BCUT2D eigenvalue weighted by molar-refractivity contribution is 0.404. The zero-order valence-corrected chi connectivity index (χ0v) is 14.0. The minimum atomic E-state index is 0.501. The highest BCUT2D eigenvalue weighted by Crippen LogP contribution is 2.37. The van der Waals surface area contributed by atoms with Crippen molar-refractivity contribution in [1.29, 1.82) is 0 Å². The number of rotatable bonds is 5. The molecule has 1 aliphatic carbocycles. The summed E-state index contributed by atoms with van der Waals surface area (Å²) in [4.78, 5) is 0. The molecule has 1 saturated carbocycles. The van der Waals surface area contributed by atoms with Crippen molar-refractivity contribution < 1.29 is 9.47 Å². The molecular formula is C17H26ClNO2. The topological polar surface area (TPSA) is 30.5 Å². The van der Waals surface area contributed by atoms with Crippen LogP contribution in [0.15, 0.2) is 12.1 Å². The summed E-state index contributed by atoms with van der Waals surface area (Å²) in [7, 11) is 3.30. The third-order valence-corrected chi connectivity index (χ3v) is 4.79. The zero-order chi connectivity index (χ0) is 15.2. The van der Waals surface area contributed by atoms with Crippen molar-refractivity contribution in [2.75, 3.05) is 19.5 Å². The van der Waals surface area contributed by atoms with Gasteiger partial charge in [0.05, 0.1) is 24.9 Å². The molecule has 0 spiro atoms. The van der Waals surface area contributed by atoms with Crippen LogP contribution in [0, 0.1) is 5.92 Å². The second-order valence-corrected chi connectivity index (χ2v) is 6.22. The Morgan fingerprint density at radius 2 is 1.86 bits per heavy atom. The van der Waals surface area contributed by atoms with Crippen LogP contribution in [0.4, 0.5) is 5.69 Å². The predicted octanol–water partition coefficient (Wildman–Crippen LogP) is 5.13. The Bertz CT molecular complexity index is 464. The number of halogens is 1. The van der Waals surface area contributed by atoms with Gasteiger partial charge >= 0.3 is 0 Å². The Hall–Kier alpha value is -1.09. The van der Waals surface area contributed by atoms with E-state index in [2.05, 4.69) is 12.2 Å². The highest BCUT2D eigenvalue weighted by molar-refractivity contribution is 6.32. The molecule has 3 nitrogen and oxygen atoms in total. The monoisotopic (exact) mass is 311 g/mol. The van der Waals surface area contributed by atoms with E-state index in [-0.39, 0.29) is 0 Å². The van der Waals surface area contributed by atoms with Gasteiger partial charge in [-0.05, 0) is 25.2 Å². The molecule has 1 fully saturated rings. The summed E-state index contributed by atoms with van der Waals surface area (Å²) in [6, 6.07) is 4.25. The first-order chi connectivity index (χ1) is 10.2. The van der Waals surface area contributed by atoms with E-state index >= 15 is 0 Å². The summed E-state index contributed by atoms with van der Waals surface area (Å²) in [5.74, 6) is 2.34. The van der Waals surface area contributed by atoms with Gasteiger partial charge in [-0.2, -0.15) is 0 Å². The minimum absolute atomic E-state index is 0.501. The van der Waals surface area contributed by atoms with Gasteiger partial charge in [-0.3, -0.25) is 0 Å². The van der Waals surface area contributed by atoms with Crippen molar-refractivity contribution in [3.63, 3.8) is 0 Å². The number of anilines is 1. The van der Waals surface area contributed by atoms with Crippen LogP contribution in [-0.2, 0) is 0 Å². The maximum absolute atomic E-state index is 6.15. The first-order valence-corrected chi connectivity index (χ1v) is 8.23. The Kier molecular flexibility index (Phi) is 6.04. The molecule has 0 amide bonds. The van der Waals surface area contributed by atoms with Crippen LogP contribution < -0.4 is 14.8 Å². The summed E-state index contributed by atoms with van der Waals surface area (Å²) < 4.78 is 10.7. The number of hydrogen-bond acceptors (Lipinski definition) is 3. The molecule has 2 rings (SSSR count). The lowest BCUT2D eigenvalue weighted by Gasteiger charge is -2.21. The largest absolute Gasteiger partial charge is 0.495 e. The summed E-state index contributed by atoms with van der Waals surface area (Å²) in [6.45, 7) is 2.30. The van der Waals surface area contributed by atoms with Crippen LogP contribution in [0.25, 0.3) is 0 Å². The molecule has 1 aliphatic rings. The van der Waals surface area contributed by atoms with Crippen LogP contribution in [0.5, 0.6) is 11.5 Å². The van der Waals surface area contributed by atoms with Crippen molar-refractivity contribution in [2.45, 2.75) is 51.5 Å². The number of hydrogen-bond donors (Lipinski definition) is 1. The fourth-order valence-corrected chi connectivity index (χ4v) is 3.36. The van der Waals surface area contributed by atoms with Crippen molar-refractivity contribution in [2.24, 2.45) is 5.92 Å². The molecule has 4 heteroatoms. The first-order valence-electron chi connectivity index (χ1n) is 7.86. The molecule has 0 heterocycles. The van der Waals surface area contributed by atoms with Crippen molar-refractivity contribution in [1.82, 2.24) is 0 Å². The second kappa shape index (κ2) is 7.79. The van der Waals surface area contributed by atoms with Gasteiger partial charge in [-0.1, -0.05) is 37.8 Å². The summed E-state index contributed by atoms with van der Waals surface area (Å²) >= 11 is 6.15. The Morgan fingerprint density at radius 1 is 1.10 bits per heavy atom. The lowest BCUT2D eigenvalue weighted by Crippen LogP contribution is -2.19. The van der Waals surface area contributed by atoms with Gasteiger partial charge in [-0.25, -0.2) is 0 Å². The molecule has 1 N–H and O–H groups in total. The minimum Gasteiger partial charge on any atom is -0.495 e. The summed E-state index contributed by atoms with van der Waals surface area (Å²) in [6.07, 6.45) is 7.68. The molecule has 0 aliphatic heterocycles. The second-order valence-electron chi connectivity index (χ2n) is 5.81. The van der Waals surface area contributed by atoms with Gasteiger partial charge < -0.3 is 14.8 Å². The Labute approximate surface area is 133 Å². The molecule has 2 atom stereocenters. The Balaban J connectivity index is 2.11. The van der Waals surface area contributed by atoms with E-state index in [1.807, 2.05) is 12.1 Å². The maximum Gasteiger partial charge on any atom is 0.143 e. The normalized spacial score (nSPS) is 22.5. The molecule has 0 aromatic heterocycles. The number of benzene rings is 1. The number of ether oxygens (including phenoxy) is 2. The fraction of sp³-hybridized carbons (Fsp3) is 0.647. The molecule has 0 radical (unpaired) electrons. The molecule has 2 unspecified atom stereocenters. The summed E-state index contributed by atoms with van der Waals surface area (Å²) in [5, 5.41) is 4.20. The molecular weight excluding hydrogens is 286 g/mol. The number of nitrogens with one attached hydrogen (secondary N) is 1. The van der Waals surface area contributed by atoms with Gasteiger partial charge in [0, 0.05) is 18.2 Å². The van der Waals surface area contributed by atoms with E-state index in [1.54, 1.807) is 14.2 Å². The van der Waals surface area contributed by atoms with Gasteiger partial charge in [0.2, 0.25) is 0 Å². The molecule has 21 heavy (non-hydrogen) atoms. The summed E-state index contributed by atoms with van der Waals surface area (Å²) in [5.41, 5.74) is 0.971. The van der Waals surface area contributed by atoms with Crippen molar-refractivity contribution in [3.05, 3.63) is 17.2 Å². The molecule has 118 valence electrons. The third-order valence-electron chi connectivity index (χ3n) is 4.50. The molecule has 0 bridgehead atoms. The quantitative estimate of drug-likeness (QED) is 0.765. The molecule has 1 aromatic rings. The van der Waals surface area contributed by atoms with Crippen LogP contribution in [0.2, 0.25) is 5.02 Å². The van der Waals surface area contributed by atoms with E-state index in [4.69, 9.17) is 21.1 Å². The standard InChI is InChI=1S/C17H26ClNO2/c1-4-12-6-5-7-13(9-8-12)19-15-11-16(20-2)14(18)10-17(15)21-3/h10-13,19H,4-9H2,1-3H3. The molecule has 1 aromatic carbocycles. The van der Waals surface area contributed by atoms with E-state index in [1.165, 1.54) is 38.5 Å². The van der Waals surface area contributed by atoms with Gasteiger partial charge in [0.25, 0.3) is 0 Å². The first kappa shape index (κ1) is 16.3. The van der Waals surface area contributed by atoms with Crippen LogP contribution in [-0.4, -0.2) is 20.3 Å². The highest BCUT2D eigenvalue weighted by atomic mass is 35.5. The zero-order valence-electron chi connectivity index (χ0n) is 13.2. The van der Waals surface area contributed by atoms with Crippen LogP contribution in [0.1, 0.15) is 45.4 Å². The van der Waals surface area contributed by atoms with Gasteiger partial charge in [-0.15, -0.1) is 0 Å². The average Bonchev–Trinajstić information content (AvgIpc) is 2.73. The highest BCUT2D eigenvalue weighted by Gasteiger charge is 2.19. The van der Waals surface area contributed by atoms with Gasteiger partial charge in [0.1, 0.15) is 11.5 Å².